The number of ether oxygens (including phenoxy) is 1. The smallest absolute Gasteiger partial charge is 0.408 e. The van der Waals surface area contributed by atoms with Crippen molar-refractivity contribution in [3.8, 4) is 5.75 Å². The van der Waals surface area contributed by atoms with E-state index in [0.29, 0.717) is 0 Å². The largest absolute Gasteiger partial charge is 0.544 e. The van der Waals surface area contributed by atoms with Crippen LogP contribution in [-0.2, 0) is 16.0 Å². The summed E-state index contributed by atoms with van der Waals surface area (Å²) in [5.41, 5.74) is 0.108. The minimum atomic E-state index is -1.93. The molecule has 0 bridgehead atoms. The summed E-state index contributed by atoms with van der Waals surface area (Å²) in [7, 11) is -1.93. The molecule has 0 spiro atoms. The van der Waals surface area contributed by atoms with Crippen LogP contribution < -0.4 is 9.74 Å². The number of benzene rings is 1. The molecule has 0 fully saturated rings. The minimum absolute atomic E-state index is 0.0947. The first-order valence-corrected chi connectivity index (χ1v) is 12.0. The van der Waals surface area contributed by atoms with E-state index in [-0.39, 0.29) is 11.5 Å². The van der Waals surface area contributed by atoms with Crippen LogP contribution in [0.2, 0.25) is 18.1 Å². The molecule has 0 saturated heterocycles. The van der Waals surface area contributed by atoms with Crippen molar-refractivity contribution in [1.82, 2.24) is 5.32 Å². The van der Waals surface area contributed by atoms with Gasteiger partial charge in [0.2, 0.25) is 8.32 Å². The molecule has 6 nitrogen and oxygen atoms in total. The molecular formula is C20H33NO5Si. The monoisotopic (exact) mass is 395 g/mol. The number of alkyl carbamates (subject to hydrolysis) is 1. The zero-order valence-corrected chi connectivity index (χ0v) is 18.7. The van der Waals surface area contributed by atoms with E-state index in [0.717, 1.165) is 11.3 Å². The van der Waals surface area contributed by atoms with Crippen LogP contribution >= 0.6 is 0 Å². The van der Waals surface area contributed by atoms with E-state index >= 15 is 0 Å². The lowest BCUT2D eigenvalue weighted by molar-refractivity contribution is -0.139. The Kier molecular flexibility index (Phi) is 7.10. The first kappa shape index (κ1) is 23.0. The molecule has 7 heteroatoms. The molecule has 1 rings (SSSR count). The molecule has 0 radical (unpaired) electrons. The Morgan fingerprint density at radius 2 is 1.59 bits per heavy atom. The highest BCUT2D eigenvalue weighted by molar-refractivity contribution is 6.74. The molecule has 27 heavy (non-hydrogen) atoms. The van der Waals surface area contributed by atoms with E-state index in [1.807, 2.05) is 24.3 Å². The van der Waals surface area contributed by atoms with Gasteiger partial charge in [-0.1, -0.05) is 32.9 Å². The molecule has 0 aliphatic heterocycles. The fourth-order valence-corrected chi connectivity index (χ4v) is 3.06. The maximum Gasteiger partial charge on any atom is 0.408 e. The molecule has 1 aromatic carbocycles. The third kappa shape index (κ3) is 7.62. The quantitative estimate of drug-likeness (QED) is 0.688. The minimum Gasteiger partial charge on any atom is -0.544 e. The second-order valence-corrected chi connectivity index (χ2v) is 14.0. The summed E-state index contributed by atoms with van der Waals surface area (Å²) in [6, 6.07) is 6.29. The topological polar surface area (TPSA) is 84.9 Å². The molecule has 0 heterocycles. The average molecular weight is 396 g/mol. The highest BCUT2D eigenvalue weighted by Crippen LogP contribution is 2.37. The Hall–Kier alpha value is -2.02. The highest BCUT2D eigenvalue weighted by Gasteiger charge is 2.38. The number of carbonyl (C=O) groups excluding carboxylic acids is 1. The number of carboxylic acid groups (broad SMARTS) is 1. The zero-order valence-electron chi connectivity index (χ0n) is 17.7. The van der Waals surface area contributed by atoms with Crippen molar-refractivity contribution in [1.29, 1.82) is 0 Å². The Labute approximate surface area is 163 Å². The normalized spacial score (nSPS) is 13.6. The van der Waals surface area contributed by atoms with E-state index in [9.17, 15) is 14.7 Å². The van der Waals surface area contributed by atoms with Crippen molar-refractivity contribution in [2.24, 2.45) is 0 Å². The van der Waals surface area contributed by atoms with Gasteiger partial charge >= 0.3 is 12.1 Å². The second-order valence-electron chi connectivity index (χ2n) is 9.25. The predicted octanol–water partition coefficient (Wildman–Crippen LogP) is 4.59. The molecule has 0 aromatic heterocycles. The summed E-state index contributed by atoms with van der Waals surface area (Å²) in [5.74, 6) is -0.334. The third-order valence-corrected chi connectivity index (χ3v) is 8.89. The van der Waals surface area contributed by atoms with E-state index in [1.165, 1.54) is 0 Å². The van der Waals surface area contributed by atoms with Gasteiger partial charge in [-0.25, -0.2) is 9.59 Å². The van der Waals surface area contributed by atoms with Gasteiger partial charge in [-0.15, -0.1) is 0 Å². The van der Waals surface area contributed by atoms with E-state index in [1.54, 1.807) is 20.8 Å². The molecule has 1 unspecified atom stereocenters. The van der Waals surface area contributed by atoms with Crippen LogP contribution in [0.4, 0.5) is 4.79 Å². The predicted molar refractivity (Wildman–Crippen MR) is 109 cm³/mol. The van der Waals surface area contributed by atoms with E-state index in [4.69, 9.17) is 9.16 Å². The molecule has 1 amide bonds. The van der Waals surface area contributed by atoms with Gasteiger partial charge in [0.25, 0.3) is 0 Å². The number of carboxylic acids is 1. The van der Waals surface area contributed by atoms with Gasteiger partial charge in [-0.05, 0) is 56.6 Å². The summed E-state index contributed by atoms with van der Waals surface area (Å²) in [5, 5.41) is 11.9. The third-order valence-electron chi connectivity index (χ3n) is 4.53. The van der Waals surface area contributed by atoms with Gasteiger partial charge in [0.15, 0.2) is 0 Å². The lowest BCUT2D eigenvalue weighted by Gasteiger charge is -2.36. The summed E-state index contributed by atoms with van der Waals surface area (Å²) in [6.07, 6.45) is -0.581. The molecule has 152 valence electrons. The van der Waals surface area contributed by atoms with Crippen LogP contribution in [0.3, 0.4) is 0 Å². The van der Waals surface area contributed by atoms with Gasteiger partial charge < -0.3 is 19.6 Å². The van der Waals surface area contributed by atoms with Gasteiger partial charge in [-0.2, -0.15) is 0 Å². The lowest BCUT2D eigenvalue weighted by atomic mass is 10.1. The molecule has 0 aliphatic carbocycles. The second kappa shape index (κ2) is 8.33. The molecule has 1 atom stereocenters. The maximum absolute atomic E-state index is 11.9. The Balaban J connectivity index is 2.79. The fraction of sp³-hybridized carbons (Fsp3) is 0.600. The van der Waals surface area contributed by atoms with Crippen LogP contribution in [0.5, 0.6) is 5.75 Å². The molecule has 0 saturated carbocycles. The summed E-state index contributed by atoms with van der Waals surface area (Å²) >= 11 is 0. The van der Waals surface area contributed by atoms with Gasteiger partial charge in [0, 0.05) is 6.42 Å². The average Bonchev–Trinajstić information content (AvgIpc) is 2.45. The summed E-state index contributed by atoms with van der Waals surface area (Å²) in [4.78, 5) is 23.3. The molecule has 2 N–H and O–H groups in total. The van der Waals surface area contributed by atoms with Gasteiger partial charge in [-0.3, -0.25) is 0 Å². The maximum atomic E-state index is 11.9. The van der Waals surface area contributed by atoms with Gasteiger partial charge in [0.1, 0.15) is 17.4 Å². The van der Waals surface area contributed by atoms with Crippen molar-refractivity contribution >= 4 is 20.4 Å². The number of amides is 1. The van der Waals surface area contributed by atoms with Crippen LogP contribution in [0.15, 0.2) is 24.3 Å². The Morgan fingerprint density at radius 1 is 1.07 bits per heavy atom. The Bertz CT molecular complexity index is 656. The zero-order chi connectivity index (χ0) is 21.0. The van der Waals surface area contributed by atoms with Crippen molar-refractivity contribution < 1.29 is 23.9 Å². The molecule has 1 aromatic rings. The van der Waals surface area contributed by atoms with Crippen molar-refractivity contribution in [2.75, 3.05) is 0 Å². The van der Waals surface area contributed by atoms with E-state index in [2.05, 4.69) is 39.2 Å². The molecular weight excluding hydrogens is 362 g/mol. The SMILES string of the molecule is CC(C)(C)OC(=O)NC(Cc1ccc(O[Si](C)(C)C(C)(C)C)cc1)C(=O)O. The first-order chi connectivity index (χ1) is 12.1. The number of carbonyl (C=O) groups is 2. The Morgan fingerprint density at radius 3 is 2.00 bits per heavy atom. The van der Waals surface area contributed by atoms with Crippen molar-refractivity contribution in [3.63, 3.8) is 0 Å². The summed E-state index contributed by atoms with van der Waals surface area (Å²) in [6.45, 7) is 16.0. The lowest BCUT2D eigenvalue weighted by Crippen LogP contribution is -2.44. The number of hydrogen-bond donors (Lipinski definition) is 2. The summed E-state index contributed by atoms with van der Waals surface area (Å²) < 4.78 is 11.4. The number of aliphatic carboxylic acids is 1. The van der Waals surface area contributed by atoms with Crippen LogP contribution in [0.1, 0.15) is 47.1 Å². The first-order valence-electron chi connectivity index (χ1n) is 9.11. The van der Waals surface area contributed by atoms with Gasteiger partial charge in [0.05, 0.1) is 0 Å². The number of rotatable bonds is 6. The van der Waals surface area contributed by atoms with Crippen LogP contribution in [-0.4, -0.2) is 37.1 Å². The van der Waals surface area contributed by atoms with Crippen LogP contribution in [0.25, 0.3) is 0 Å². The fourth-order valence-electron chi connectivity index (χ4n) is 2.03. The number of nitrogens with one attached hydrogen (secondary N) is 1. The van der Waals surface area contributed by atoms with Crippen molar-refractivity contribution in [2.45, 2.75) is 77.7 Å². The van der Waals surface area contributed by atoms with Crippen molar-refractivity contribution in [3.05, 3.63) is 29.8 Å². The van der Waals surface area contributed by atoms with Crippen LogP contribution in [0, 0.1) is 0 Å². The number of hydrogen-bond acceptors (Lipinski definition) is 4. The standard InChI is InChI=1S/C20H33NO5Si/c1-19(2,3)25-18(24)21-16(17(22)23)13-14-9-11-15(12-10-14)26-27(7,8)20(4,5)6/h9-12,16H,13H2,1-8H3,(H,21,24)(H,22,23). The molecule has 0 aliphatic rings. The highest BCUT2D eigenvalue weighted by atomic mass is 28.4. The van der Waals surface area contributed by atoms with E-state index < -0.39 is 32.0 Å².